The molecule has 29 heavy (non-hydrogen) atoms. The molecule has 1 saturated heterocycles. The van der Waals surface area contributed by atoms with Gasteiger partial charge in [0.2, 0.25) is 0 Å². The van der Waals surface area contributed by atoms with E-state index in [9.17, 15) is 9.59 Å². The molecule has 0 radical (unpaired) electrons. The fourth-order valence-electron chi connectivity index (χ4n) is 2.78. The molecule has 3 aromatic rings. The minimum absolute atomic E-state index is 0.193. The fourth-order valence-corrected chi connectivity index (χ4v) is 3.62. The third-order valence-electron chi connectivity index (χ3n) is 4.39. The lowest BCUT2D eigenvalue weighted by atomic mass is 10.1. The topological polar surface area (TPSA) is 110 Å². The number of aryl methyl sites for hydroxylation is 1. The third kappa shape index (κ3) is 3.81. The molecule has 0 unspecified atom stereocenters. The number of nitriles is 1. The maximum Gasteiger partial charge on any atom is 0.293 e. The SMILES string of the molecule is Cn1ccnc1/C=C1\SC(=O)N(CCn2cc(-c3ccc(C#N)cc3)nn2)C1=O. The molecule has 9 nitrogen and oxygen atoms in total. The molecule has 0 bridgehead atoms. The van der Waals surface area contributed by atoms with Crippen molar-refractivity contribution in [2.24, 2.45) is 7.05 Å². The Morgan fingerprint density at radius 3 is 2.69 bits per heavy atom. The van der Waals surface area contributed by atoms with Gasteiger partial charge in [0.05, 0.1) is 29.3 Å². The predicted molar refractivity (Wildman–Crippen MR) is 106 cm³/mol. The monoisotopic (exact) mass is 405 g/mol. The Morgan fingerprint density at radius 1 is 1.21 bits per heavy atom. The van der Waals surface area contributed by atoms with Crippen LogP contribution in [-0.4, -0.2) is 47.1 Å². The van der Waals surface area contributed by atoms with Gasteiger partial charge in [-0.25, -0.2) is 4.98 Å². The highest BCUT2D eigenvalue weighted by molar-refractivity contribution is 8.18. The molecule has 144 valence electrons. The number of hydrogen-bond acceptors (Lipinski definition) is 7. The molecule has 1 aromatic carbocycles. The van der Waals surface area contributed by atoms with E-state index in [4.69, 9.17) is 5.26 Å². The van der Waals surface area contributed by atoms with Crippen LogP contribution >= 0.6 is 11.8 Å². The molecule has 3 heterocycles. The molecule has 0 N–H and O–H groups in total. The van der Waals surface area contributed by atoms with Crippen LogP contribution in [0, 0.1) is 11.3 Å². The molecule has 1 aliphatic heterocycles. The maximum absolute atomic E-state index is 12.6. The van der Waals surface area contributed by atoms with Crippen molar-refractivity contribution in [3.63, 3.8) is 0 Å². The van der Waals surface area contributed by atoms with E-state index in [2.05, 4.69) is 21.4 Å². The number of nitrogens with zero attached hydrogens (tertiary/aromatic N) is 7. The Balaban J connectivity index is 1.43. The van der Waals surface area contributed by atoms with E-state index in [0.29, 0.717) is 28.5 Å². The normalized spacial score (nSPS) is 15.3. The van der Waals surface area contributed by atoms with Gasteiger partial charge in [0.25, 0.3) is 11.1 Å². The molecular formula is C19H15N7O2S. The van der Waals surface area contributed by atoms with Crippen LogP contribution < -0.4 is 0 Å². The zero-order chi connectivity index (χ0) is 20.4. The first kappa shape index (κ1) is 18.6. The van der Waals surface area contributed by atoms with E-state index in [0.717, 1.165) is 17.3 Å². The largest absolute Gasteiger partial charge is 0.335 e. The Kier molecular flexibility index (Phi) is 4.97. The molecule has 1 aliphatic rings. The minimum Gasteiger partial charge on any atom is -0.335 e. The third-order valence-corrected chi connectivity index (χ3v) is 5.30. The smallest absolute Gasteiger partial charge is 0.293 e. The number of amides is 2. The summed E-state index contributed by atoms with van der Waals surface area (Å²) in [6.07, 6.45) is 6.76. The summed E-state index contributed by atoms with van der Waals surface area (Å²) in [5, 5.41) is 16.7. The van der Waals surface area contributed by atoms with Gasteiger partial charge < -0.3 is 4.57 Å². The van der Waals surface area contributed by atoms with Crippen LogP contribution in [0.15, 0.2) is 47.8 Å². The van der Waals surface area contributed by atoms with Gasteiger partial charge in [-0.05, 0) is 23.9 Å². The summed E-state index contributed by atoms with van der Waals surface area (Å²) in [6.45, 7) is 0.524. The van der Waals surface area contributed by atoms with Crippen LogP contribution in [0.4, 0.5) is 4.79 Å². The van der Waals surface area contributed by atoms with Gasteiger partial charge in [0, 0.05) is 37.6 Å². The maximum atomic E-state index is 12.6. The minimum atomic E-state index is -0.338. The number of carbonyl (C=O) groups excluding carboxylic acids is 2. The van der Waals surface area contributed by atoms with Crippen LogP contribution in [0.1, 0.15) is 11.4 Å². The molecule has 0 atom stereocenters. The molecule has 2 amide bonds. The Hall–Kier alpha value is -3.71. The lowest BCUT2D eigenvalue weighted by Crippen LogP contribution is -2.31. The van der Waals surface area contributed by atoms with Crippen molar-refractivity contribution in [1.82, 2.24) is 29.4 Å². The van der Waals surface area contributed by atoms with Crippen LogP contribution in [0.3, 0.4) is 0 Å². The average molecular weight is 405 g/mol. The summed E-state index contributed by atoms with van der Waals surface area (Å²) in [5.74, 6) is 0.272. The van der Waals surface area contributed by atoms with Gasteiger partial charge in [0.15, 0.2) is 0 Å². The lowest BCUT2D eigenvalue weighted by molar-refractivity contribution is -0.122. The van der Waals surface area contributed by atoms with E-state index in [-0.39, 0.29) is 17.7 Å². The van der Waals surface area contributed by atoms with Crippen LogP contribution in [0.2, 0.25) is 0 Å². The molecular weight excluding hydrogens is 390 g/mol. The number of hydrogen-bond donors (Lipinski definition) is 0. The highest BCUT2D eigenvalue weighted by Gasteiger charge is 2.35. The van der Waals surface area contributed by atoms with Crippen LogP contribution in [0.25, 0.3) is 17.3 Å². The highest BCUT2D eigenvalue weighted by atomic mass is 32.2. The van der Waals surface area contributed by atoms with E-state index in [1.54, 1.807) is 58.2 Å². The number of rotatable bonds is 5. The van der Waals surface area contributed by atoms with E-state index in [1.165, 1.54) is 4.90 Å². The molecule has 10 heteroatoms. The van der Waals surface area contributed by atoms with Gasteiger partial charge in [-0.1, -0.05) is 17.3 Å². The van der Waals surface area contributed by atoms with Crippen molar-refractivity contribution in [3.05, 3.63) is 59.1 Å². The van der Waals surface area contributed by atoms with Gasteiger partial charge in [0.1, 0.15) is 11.5 Å². The quantitative estimate of drug-likeness (QED) is 0.599. The lowest BCUT2D eigenvalue weighted by Gasteiger charge is -2.11. The fraction of sp³-hybridized carbons (Fsp3) is 0.158. The summed E-state index contributed by atoms with van der Waals surface area (Å²) in [7, 11) is 1.82. The number of imidazole rings is 1. The highest BCUT2D eigenvalue weighted by Crippen LogP contribution is 2.31. The Labute approximate surface area is 170 Å². The Morgan fingerprint density at radius 2 is 2.00 bits per heavy atom. The first-order chi connectivity index (χ1) is 14.0. The first-order valence-corrected chi connectivity index (χ1v) is 9.50. The number of carbonyl (C=O) groups is 2. The van der Waals surface area contributed by atoms with E-state index in [1.807, 2.05) is 7.05 Å². The van der Waals surface area contributed by atoms with Crippen molar-refractivity contribution < 1.29 is 9.59 Å². The Bertz CT molecular complexity index is 1150. The van der Waals surface area contributed by atoms with Gasteiger partial charge >= 0.3 is 0 Å². The average Bonchev–Trinajstić information content (AvgIpc) is 3.42. The number of aromatic nitrogens is 5. The standard InChI is InChI=1S/C19H15N7O2S/c1-24-7-6-21-17(24)10-16-18(27)26(19(28)29-16)9-8-25-12-15(22-23-25)14-4-2-13(11-20)3-5-14/h2-7,10,12H,8-9H2,1H3/b16-10-. The molecule has 0 spiro atoms. The second-order valence-electron chi connectivity index (χ2n) is 6.29. The van der Waals surface area contributed by atoms with Crippen molar-refractivity contribution in [2.45, 2.75) is 6.54 Å². The van der Waals surface area contributed by atoms with Crippen molar-refractivity contribution in [2.75, 3.05) is 6.54 Å². The first-order valence-electron chi connectivity index (χ1n) is 8.68. The second kappa shape index (κ2) is 7.73. The van der Waals surface area contributed by atoms with Gasteiger partial charge in [-0.2, -0.15) is 5.26 Å². The summed E-state index contributed by atoms with van der Waals surface area (Å²) in [5.41, 5.74) is 2.05. The second-order valence-corrected chi connectivity index (χ2v) is 7.28. The number of thioether (sulfide) groups is 1. The molecule has 1 fully saturated rings. The van der Waals surface area contributed by atoms with Gasteiger partial charge in [-0.15, -0.1) is 5.10 Å². The zero-order valence-corrected chi connectivity index (χ0v) is 16.2. The van der Waals surface area contributed by atoms with E-state index >= 15 is 0 Å². The van der Waals surface area contributed by atoms with Gasteiger partial charge in [-0.3, -0.25) is 19.2 Å². The summed E-state index contributed by atoms with van der Waals surface area (Å²) >= 11 is 0.903. The number of benzene rings is 1. The van der Waals surface area contributed by atoms with Crippen molar-refractivity contribution in [3.8, 4) is 17.3 Å². The van der Waals surface area contributed by atoms with Crippen LogP contribution in [-0.2, 0) is 18.4 Å². The summed E-state index contributed by atoms with van der Waals surface area (Å²) in [4.78, 5) is 30.5. The predicted octanol–water partition coefficient (Wildman–Crippen LogP) is 2.29. The summed E-state index contributed by atoms with van der Waals surface area (Å²) in [6, 6.07) is 9.09. The number of imide groups is 1. The van der Waals surface area contributed by atoms with Crippen molar-refractivity contribution >= 4 is 29.0 Å². The molecule has 2 aromatic heterocycles. The summed E-state index contributed by atoms with van der Waals surface area (Å²) < 4.78 is 3.35. The zero-order valence-electron chi connectivity index (χ0n) is 15.4. The van der Waals surface area contributed by atoms with Crippen molar-refractivity contribution in [1.29, 1.82) is 5.26 Å². The molecule has 0 saturated carbocycles. The molecule has 4 rings (SSSR count). The van der Waals surface area contributed by atoms with Crippen LogP contribution in [0.5, 0.6) is 0 Å². The van der Waals surface area contributed by atoms with E-state index < -0.39 is 0 Å². The molecule has 0 aliphatic carbocycles.